The van der Waals surface area contributed by atoms with Gasteiger partial charge in [0.2, 0.25) is 0 Å². The third-order valence-electron chi connectivity index (χ3n) is 4.02. The summed E-state index contributed by atoms with van der Waals surface area (Å²) < 4.78 is 45.7. The van der Waals surface area contributed by atoms with E-state index in [1.807, 2.05) is 0 Å². The van der Waals surface area contributed by atoms with Crippen LogP contribution in [-0.2, 0) is 14.3 Å². The Balaban J connectivity index is 1.85. The molecular formula is C19H17F3N2O4S. The standard InChI is InChI=1S/C19H17F3N2O4S/c1-27-10-3-9-24-17(25)15(14-4-2-11-29-14)16(18(24)26)23-12-5-7-13(8-6-12)28-19(20,21)22/h2,4-8,11,23H,3,9-10H2,1H3. The van der Waals surface area contributed by atoms with Crippen molar-refractivity contribution in [2.24, 2.45) is 0 Å². The van der Waals surface area contributed by atoms with E-state index in [1.165, 1.54) is 30.6 Å². The average molecular weight is 426 g/mol. The molecule has 29 heavy (non-hydrogen) atoms. The summed E-state index contributed by atoms with van der Waals surface area (Å²) in [5.41, 5.74) is 0.667. The van der Waals surface area contributed by atoms with Gasteiger partial charge in [0.15, 0.2) is 0 Å². The van der Waals surface area contributed by atoms with E-state index in [2.05, 4.69) is 10.1 Å². The number of methoxy groups -OCH3 is 1. The molecule has 0 radical (unpaired) electrons. The zero-order valence-corrected chi connectivity index (χ0v) is 16.1. The van der Waals surface area contributed by atoms with Crippen LogP contribution in [0.1, 0.15) is 11.3 Å². The zero-order valence-electron chi connectivity index (χ0n) is 15.3. The Morgan fingerprint density at radius 2 is 1.83 bits per heavy atom. The molecule has 0 spiro atoms. The third kappa shape index (κ3) is 4.96. The number of ether oxygens (including phenoxy) is 2. The summed E-state index contributed by atoms with van der Waals surface area (Å²) in [6.07, 6.45) is -4.30. The van der Waals surface area contributed by atoms with Crippen LogP contribution in [0.5, 0.6) is 5.75 Å². The maximum Gasteiger partial charge on any atom is 0.573 e. The van der Waals surface area contributed by atoms with Crippen molar-refractivity contribution in [2.75, 3.05) is 25.6 Å². The fourth-order valence-electron chi connectivity index (χ4n) is 2.80. The number of thiophene rings is 1. The lowest BCUT2D eigenvalue weighted by Crippen LogP contribution is -2.33. The van der Waals surface area contributed by atoms with Gasteiger partial charge < -0.3 is 14.8 Å². The van der Waals surface area contributed by atoms with Gasteiger partial charge in [0.25, 0.3) is 11.8 Å². The number of carbonyl (C=O) groups excluding carboxylic acids is 2. The summed E-state index contributed by atoms with van der Waals surface area (Å²) in [5.74, 6) is -1.30. The molecule has 0 fully saturated rings. The minimum Gasteiger partial charge on any atom is -0.406 e. The summed E-state index contributed by atoms with van der Waals surface area (Å²) in [6.45, 7) is 0.596. The predicted octanol–water partition coefficient (Wildman–Crippen LogP) is 3.88. The number of halogens is 3. The van der Waals surface area contributed by atoms with Gasteiger partial charge in [0.1, 0.15) is 11.4 Å². The first-order chi connectivity index (χ1) is 13.8. The molecule has 1 aliphatic heterocycles. The van der Waals surface area contributed by atoms with E-state index in [1.54, 1.807) is 17.5 Å². The number of imide groups is 1. The molecule has 0 saturated heterocycles. The maximum absolute atomic E-state index is 12.8. The van der Waals surface area contributed by atoms with Crippen molar-refractivity contribution in [1.82, 2.24) is 4.90 Å². The molecule has 1 aromatic heterocycles. The van der Waals surface area contributed by atoms with E-state index in [0.717, 1.165) is 17.0 Å². The van der Waals surface area contributed by atoms with E-state index >= 15 is 0 Å². The number of nitrogens with zero attached hydrogens (tertiary/aromatic N) is 1. The number of nitrogens with one attached hydrogen (secondary N) is 1. The van der Waals surface area contributed by atoms with E-state index in [4.69, 9.17) is 4.74 Å². The van der Waals surface area contributed by atoms with Gasteiger partial charge in [0.05, 0.1) is 5.57 Å². The fourth-order valence-corrected chi connectivity index (χ4v) is 3.56. The van der Waals surface area contributed by atoms with Crippen LogP contribution >= 0.6 is 11.3 Å². The first kappa shape index (κ1) is 20.9. The number of alkyl halides is 3. The smallest absolute Gasteiger partial charge is 0.406 e. The summed E-state index contributed by atoms with van der Waals surface area (Å²) in [5, 5.41) is 4.66. The largest absolute Gasteiger partial charge is 0.573 e. The molecule has 2 heterocycles. The van der Waals surface area contributed by atoms with Gasteiger partial charge in [0, 0.05) is 30.8 Å². The van der Waals surface area contributed by atoms with Crippen molar-refractivity contribution in [2.45, 2.75) is 12.8 Å². The van der Waals surface area contributed by atoms with Crippen LogP contribution in [0.25, 0.3) is 5.57 Å². The lowest BCUT2D eigenvalue weighted by molar-refractivity contribution is -0.274. The molecule has 154 valence electrons. The Hall–Kier alpha value is -2.85. The first-order valence-corrected chi connectivity index (χ1v) is 9.44. The first-order valence-electron chi connectivity index (χ1n) is 8.56. The van der Waals surface area contributed by atoms with Gasteiger partial charge in [-0.05, 0) is 42.1 Å². The van der Waals surface area contributed by atoms with E-state index in [9.17, 15) is 22.8 Å². The summed E-state index contributed by atoms with van der Waals surface area (Å²) >= 11 is 1.31. The van der Waals surface area contributed by atoms with E-state index in [-0.39, 0.29) is 23.6 Å². The predicted molar refractivity (Wildman–Crippen MR) is 101 cm³/mol. The summed E-state index contributed by atoms with van der Waals surface area (Å²) in [4.78, 5) is 27.5. The SMILES string of the molecule is COCCCN1C(=O)C(Nc2ccc(OC(F)(F)F)cc2)=C(c2cccs2)C1=O. The second-order valence-electron chi connectivity index (χ2n) is 6.03. The molecule has 3 rings (SSSR count). The highest BCUT2D eigenvalue weighted by atomic mass is 32.1. The molecule has 0 aliphatic carbocycles. The Bertz CT molecular complexity index is 909. The number of anilines is 1. The highest BCUT2D eigenvalue weighted by Gasteiger charge is 2.39. The van der Waals surface area contributed by atoms with Crippen LogP contribution in [0.15, 0.2) is 47.5 Å². The molecule has 1 aromatic carbocycles. The lowest BCUT2D eigenvalue weighted by atomic mass is 10.2. The minimum atomic E-state index is -4.79. The quantitative estimate of drug-likeness (QED) is 0.513. The molecule has 0 saturated carbocycles. The Morgan fingerprint density at radius 1 is 1.10 bits per heavy atom. The normalized spacial score (nSPS) is 14.7. The van der Waals surface area contributed by atoms with Crippen molar-refractivity contribution in [3.8, 4) is 5.75 Å². The number of rotatable bonds is 8. The molecule has 1 N–H and O–H groups in total. The molecule has 10 heteroatoms. The molecular weight excluding hydrogens is 409 g/mol. The van der Waals surface area contributed by atoms with Gasteiger partial charge in [-0.1, -0.05) is 6.07 Å². The molecule has 1 aliphatic rings. The van der Waals surface area contributed by atoms with Crippen LogP contribution in [0, 0.1) is 0 Å². The van der Waals surface area contributed by atoms with Crippen molar-refractivity contribution in [3.05, 3.63) is 52.4 Å². The lowest BCUT2D eigenvalue weighted by Gasteiger charge is -2.15. The van der Waals surface area contributed by atoms with Crippen LogP contribution in [0.2, 0.25) is 0 Å². The number of carbonyl (C=O) groups is 2. The highest BCUT2D eigenvalue weighted by Crippen LogP contribution is 2.33. The molecule has 0 unspecified atom stereocenters. The number of benzene rings is 1. The number of amides is 2. The van der Waals surface area contributed by atoms with Crippen molar-refractivity contribution in [1.29, 1.82) is 0 Å². The second kappa shape index (κ2) is 8.66. The summed E-state index contributed by atoms with van der Waals surface area (Å²) in [7, 11) is 1.53. The number of hydrogen-bond donors (Lipinski definition) is 1. The fraction of sp³-hybridized carbons (Fsp3) is 0.263. The van der Waals surface area contributed by atoms with E-state index in [0.29, 0.717) is 23.6 Å². The van der Waals surface area contributed by atoms with Crippen LogP contribution in [-0.4, -0.2) is 43.3 Å². The van der Waals surface area contributed by atoms with Gasteiger partial charge in [-0.3, -0.25) is 14.5 Å². The van der Waals surface area contributed by atoms with Crippen LogP contribution < -0.4 is 10.1 Å². The van der Waals surface area contributed by atoms with Crippen molar-refractivity contribution in [3.63, 3.8) is 0 Å². The maximum atomic E-state index is 12.8. The molecule has 0 atom stereocenters. The zero-order chi connectivity index (χ0) is 21.0. The molecule has 0 bridgehead atoms. The highest BCUT2D eigenvalue weighted by molar-refractivity contribution is 7.11. The topological polar surface area (TPSA) is 67.9 Å². The van der Waals surface area contributed by atoms with Gasteiger partial charge in [-0.15, -0.1) is 24.5 Å². The molecule has 2 amide bonds. The van der Waals surface area contributed by atoms with Gasteiger partial charge in [-0.2, -0.15) is 0 Å². The van der Waals surface area contributed by atoms with Crippen LogP contribution in [0.3, 0.4) is 0 Å². The average Bonchev–Trinajstić information content (AvgIpc) is 3.25. The number of hydrogen-bond acceptors (Lipinski definition) is 6. The monoisotopic (exact) mass is 426 g/mol. The Labute approximate surface area is 168 Å². The Morgan fingerprint density at radius 3 is 2.41 bits per heavy atom. The Kier molecular flexibility index (Phi) is 6.23. The van der Waals surface area contributed by atoms with Crippen LogP contribution in [0.4, 0.5) is 18.9 Å². The van der Waals surface area contributed by atoms with Gasteiger partial charge in [-0.25, -0.2) is 0 Å². The second-order valence-corrected chi connectivity index (χ2v) is 6.98. The third-order valence-corrected chi connectivity index (χ3v) is 4.91. The van der Waals surface area contributed by atoms with E-state index < -0.39 is 18.2 Å². The van der Waals surface area contributed by atoms with Crippen molar-refractivity contribution < 1.29 is 32.2 Å². The molecule has 2 aromatic rings. The summed E-state index contributed by atoms with van der Waals surface area (Å²) in [6, 6.07) is 8.42. The minimum absolute atomic E-state index is 0.0827. The molecule has 6 nitrogen and oxygen atoms in total. The van der Waals surface area contributed by atoms with Crippen molar-refractivity contribution >= 4 is 34.4 Å². The van der Waals surface area contributed by atoms with Gasteiger partial charge >= 0.3 is 6.36 Å².